The van der Waals surface area contributed by atoms with Gasteiger partial charge in [-0.05, 0) is 58.0 Å². The van der Waals surface area contributed by atoms with E-state index in [1.54, 1.807) is 11.9 Å². The van der Waals surface area contributed by atoms with Crippen LogP contribution in [-0.2, 0) is 9.53 Å². The summed E-state index contributed by atoms with van der Waals surface area (Å²) >= 11 is 1.30. The molecule has 1 N–H and O–H groups in total. The molecule has 0 radical (unpaired) electrons. The van der Waals surface area contributed by atoms with Gasteiger partial charge in [-0.1, -0.05) is 11.8 Å². The number of nitrogens with zero attached hydrogens (tertiary/aromatic N) is 2. The number of thioether (sulfide) groups is 1. The lowest BCUT2D eigenvalue weighted by atomic mass is 10.1. The SMILES string of the molecule is C=C(OC(=NC)c1ccc2[nH]c(C)c(C)c2c1)SCC(=O)N(CC)CC. The van der Waals surface area contributed by atoms with Crippen LogP contribution in [0.25, 0.3) is 10.9 Å². The summed E-state index contributed by atoms with van der Waals surface area (Å²) in [7, 11) is 1.69. The maximum absolute atomic E-state index is 12.1. The standard InChI is InChI=1S/C20H27N3O2S/c1-7-23(8-2)19(24)12-26-15(5)25-20(21-6)16-9-10-18-17(11-16)13(3)14(4)22-18/h9-11,22H,5,7-8,12H2,1-4,6H3. The zero-order chi connectivity index (χ0) is 19.3. The Morgan fingerprint density at radius 3 is 2.62 bits per heavy atom. The fraction of sp³-hybridized carbons (Fsp3) is 0.400. The molecule has 26 heavy (non-hydrogen) atoms. The van der Waals surface area contributed by atoms with Gasteiger partial charge in [0, 0.05) is 42.3 Å². The Labute approximate surface area is 159 Å². The molecule has 0 unspecified atom stereocenters. The molecule has 1 heterocycles. The summed E-state index contributed by atoms with van der Waals surface area (Å²) in [6.07, 6.45) is 0. The average Bonchev–Trinajstić information content (AvgIpc) is 2.92. The summed E-state index contributed by atoms with van der Waals surface area (Å²) in [5.74, 6) is 0.893. The molecule has 0 atom stereocenters. The number of carbonyl (C=O) groups is 1. The minimum absolute atomic E-state index is 0.0829. The molecule has 140 valence electrons. The van der Waals surface area contributed by atoms with E-state index in [0.29, 0.717) is 29.8 Å². The smallest absolute Gasteiger partial charge is 0.233 e. The highest BCUT2D eigenvalue weighted by Crippen LogP contribution is 2.24. The van der Waals surface area contributed by atoms with E-state index in [9.17, 15) is 4.79 Å². The number of aliphatic imine (C=N–C) groups is 1. The molecule has 5 nitrogen and oxygen atoms in total. The molecule has 0 spiro atoms. The lowest BCUT2D eigenvalue weighted by Gasteiger charge is -2.18. The predicted octanol–water partition coefficient (Wildman–Crippen LogP) is 4.25. The van der Waals surface area contributed by atoms with Crippen molar-refractivity contribution in [3.8, 4) is 0 Å². The molecule has 0 bridgehead atoms. The predicted molar refractivity (Wildman–Crippen MR) is 111 cm³/mol. The van der Waals surface area contributed by atoms with Gasteiger partial charge < -0.3 is 14.6 Å². The third-order valence-electron chi connectivity index (χ3n) is 4.44. The summed E-state index contributed by atoms with van der Waals surface area (Å²) in [6.45, 7) is 13.4. The number of hydrogen-bond acceptors (Lipinski definition) is 4. The summed E-state index contributed by atoms with van der Waals surface area (Å²) in [6, 6.07) is 6.06. The van der Waals surface area contributed by atoms with Gasteiger partial charge in [-0.2, -0.15) is 0 Å². The second-order valence-electron chi connectivity index (χ2n) is 5.99. The first-order chi connectivity index (χ1) is 12.4. The van der Waals surface area contributed by atoms with Gasteiger partial charge in [-0.3, -0.25) is 9.79 Å². The van der Waals surface area contributed by atoms with Gasteiger partial charge >= 0.3 is 0 Å². The maximum Gasteiger partial charge on any atom is 0.233 e. The summed E-state index contributed by atoms with van der Waals surface area (Å²) in [5, 5.41) is 1.62. The normalized spacial score (nSPS) is 11.7. The number of amides is 1. The number of fused-ring (bicyclic) bond motifs is 1. The topological polar surface area (TPSA) is 57.7 Å². The van der Waals surface area contributed by atoms with Crippen LogP contribution >= 0.6 is 11.8 Å². The van der Waals surface area contributed by atoms with Gasteiger partial charge in [0.15, 0.2) is 5.09 Å². The van der Waals surface area contributed by atoms with E-state index in [1.165, 1.54) is 17.3 Å². The van der Waals surface area contributed by atoms with Crippen molar-refractivity contribution >= 4 is 34.5 Å². The van der Waals surface area contributed by atoms with Crippen LogP contribution in [0.15, 0.2) is 34.9 Å². The first-order valence-corrected chi connectivity index (χ1v) is 9.73. The molecule has 1 amide bonds. The van der Waals surface area contributed by atoms with E-state index in [0.717, 1.165) is 22.2 Å². The Balaban J connectivity index is 2.06. The summed E-state index contributed by atoms with van der Waals surface area (Å²) in [5.41, 5.74) is 4.36. The molecule has 0 saturated carbocycles. The second-order valence-corrected chi connectivity index (χ2v) is 7.03. The molecule has 1 aromatic heterocycles. The van der Waals surface area contributed by atoms with Crippen molar-refractivity contribution < 1.29 is 9.53 Å². The van der Waals surface area contributed by atoms with E-state index in [1.807, 2.05) is 26.0 Å². The molecule has 1 aromatic carbocycles. The highest BCUT2D eigenvalue weighted by Gasteiger charge is 2.14. The first kappa shape index (κ1) is 20.1. The zero-order valence-corrected chi connectivity index (χ0v) is 17.0. The third kappa shape index (κ3) is 4.49. The van der Waals surface area contributed by atoms with Crippen molar-refractivity contribution in [3.05, 3.63) is 46.7 Å². The number of rotatable bonds is 7. The van der Waals surface area contributed by atoms with E-state index in [-0.39, 0.29) is 5.91 Å². The van der Waals surface area contributed by atoms with Crippen LogP contribution in [0.1, 0.15) is 30.7 Å². The van der Waals surface area contributed by atoms with Crippen molar-refractivity contribution in [2.75, 3.05) is 25.9 Å². The Morgan fingerprint density at radius 1 is 1.31 bits per heavy atom. The number of H-pyrrole nitrogens is 1. The molecule has 0 aliphatic carbocycles. The van der Waals surface area contributed by atoms with Crippen molar-refractivity contribution in [1.29, 1.82) is 0 Å². The largest absolute Gasteiger partial charge is 0.433 e. The van der Waals surface area contributed by atoms with E-state index >= 15 is 0 Å². The minimum atomic E-state index is 0.0829. The Kier molecular flexibility index (Phi) is 6.91. The van der Waals surface area contributed by atoms with Crippen LogP contribution in [-0.4, -0.2) is 47.6 Å². The van der Waals surface area contributed by atoms with Crippen LogP contribution in [0.3, 0.4) is 0 Å². The summed E-state index contributed by atoms with van der Waals surface area (Å²) in [4.78, 5) is 21.5. The number of benzene rings is 1. The van der Waals surface area contributed by atoms with Crippen molar-refractivity contribution in [3.63, 3.8) is 0 Å². The third-order valence-corrected chi connectivity index (χ3v) is 5.24. The molecule has 0 aliphatic heterocycles. The van der Waals surface area contributed by atoms with Gasteiger partial charge in [-0.25, -0.2) is 0 Å². The second kappa shape index (κ2) is 8.94. The number of carbonyl (C=O) groups excluding carboxylic acids is 1. The lowest BCUT2D eigenvalue weighted by Crippen LogP contribution is -2.31. The fourth-order valence-corrected chi connectivity index (χ4v) is 3.38. The minimum Gasteiger partial charge on any atom is -0.433 e. The van der Waals surface area contributed by atoms with Gasteiger partial charge in [0.05, 0.1) is 5.75 Å². The van der Waals surface area contributed by atoms with Gasteiger partial charge in [0.25, 0.3) is 0 Å². The number of aryl methyl sites for hydroxylation is 2. The Hall–Kier alpha value is -2.21. The molecule has 0 fully saturated rings. The van der Waals surface area contributed by atoms with E-state index in [2.05, 4.69) is 36.5 Å². The molecular weight excluding hydrogens is 346 g/mol. The number of ether oxygens (including phenoxy) is 1. The van der Waals surface area contributed by atoms with Gasteiger partial charge in [-0.15, -0.1) is 0 Å². The molecular formula is C20H27N3O2S. The average molecular weight is 374 g/mol. The van der Waals surface area contributed by atoms with Crippen molar-refractivity contribution in [2.24, 2.45) is 4.99 Å². The highest BCUT2D eigenvalue weighted by molar-refractivity contribution is 8.03. The molecule has 2 aromatic rings. The van der Waals surface area contributed by atoms with Crippen LogP contribution in [0.4, 0.5) is 0 Å². The van der Waals surface area contributed by atoms with E-state index < -0.39 is 0 Å². The molecule has 6 heteroatoms. The number of nitrogens with one attached hydrogen (secondary N) is 1. The van der Waals surface area contributed by atoms with Crippen LogP contribution in [0, 0.1) is 13.8 Å². The number of aromatic amines is 1. The fourth-order valence-electron chi connectivity index (χ4n) is 2.78. The van der Waals surface area contributed by atoms with Crippen molar-refractivity contribution in [1.82, 2.24) is 9.88 Å². The number of aromatic nitrogens is 1. The highest BCUT2D eigenvalue weighted by atomic mass is 32.2. The molecule has 0 aliphatic rings. The molecule has 2 rings (SSSR count). The van der Waals surface area contributed by atoms with Gasteiger partial charge in [0.1, 0.15) is 0 Å². The Morgan fingerprint density at radius 2 is 2.00 bits per heavy atom. The van der Waals surface area contributed by atoms with E-state index in [4.69, 9.17) is 4.74 Å². The maximum atomic E-state index is 12.1. The monoisotopic (exact) mass is 373 g/mol. The van der Waals surface area contributed by atoms with Crippen LogP contribution < -0.4 is 0 Å². The lowest BCUT2D eigenvalue weighted by molar-refractivity contribution is -0.127. The van der Waals surface area contributed by atoms with Crippen LogP contribution in [0.5, 0.6) is 0 Å². The van der Waals surface area contributed by atoms with Crippen LogP contribution in [0.2, 0.25) is 0 Å². The summed E-state index contributed by atoms with van der Waals surface area (Å²) < 4.78 is 5.82. The quantitative estimate of drug-likeness (QED) is 0.448. The Bertz CT molecular complexity index is 835. The van der Waals surface area contributed by atoms with Gasteiger partial charge in [0.2, 0.25) is 11.8 Å². The molecule has 0 saturated heterocycles. The zero-order valence-electron chi connectivity index (χ0n) is 16.2. The van der Waals surface area contributed by atoms with Crippen molar-refractivity contribution in [2.45, 2.75) is 27.7 Å². The first-order valence-electron chi connectivity index (χ1n) is 8.74. The number of hydrogen-bond donors (Lipinski definition) is 1.